The molecule has 0 aliphatic carbocycles. The molecule has 0 saturated carbocycles. The number of benzene rings is 1. The average Bonchev–Trinajstić information content (AvgIpc) is 2.37. The molecular formula is C13H9ClN2O. The topological polar surface area (TPSA) is 45.9 Å². The van der Waals surface area contributed by atoms with E-state index in [0.717, 1.165) is 5.56 Å². The Morgan fingerprint density at radius 1 is 1.24 bits per heavy atom. The highest BCUT2D eigenvalue weighted by Gasteiger charge is 1.99. The van der Waals surface area contributed by atoms with E-state index in [2.05, 4.69) is 4.98 Å². The molecule has 0 unspecified atom stereocenters. The van der Waals surface area contributed by atoms with Crippen LogP contribution in [-0.2, 0) is 6.61 Å². The lowest BCUT2D eigenvalue weighted by molar-refractivity contribution is 0.293. The SMILES string of the molecule is N#Cc1cccc(OCc2cccc(Cl)c2)n1. The summed E-state index contributed by atoms with van der Waals surface area (Å²) in [6.07, 6.45) is 0. The Labute approximate surface area is 104 Å². The molecule has 17 heavy (non-hydrogen) atoms. The predicted octanol–water partition coefficient (Wildman–Crippen LogP) is 3.19. The van der Waals surface area contributed by atoms with Crippen LogP contribution in [-0.4, -0.2) is 4.98 Å². The van der Waals surface area contributed by atoms with Crippen molar-refractivity contribution in [1.82, 2.24) is 4.98 Å². The van der Waals surface area contributed by atoms with Crippen LogP contribution in [0, 0.1) is 11.3 Å². The molecule has 2 aromatic rings. The van der Waals surface area contributed by atoms with E-state index in [1.165, 1.54) is 0 Å². The maximum atomic E-state index is 8.70. The van der Waals surface area contributed by atoms with Crippen LogP contribution < -0.4 is 4.74 Å². The van der Waals surface area contributed by atoms with Crippen LogP contribution in [0.3, 0.4) is 0 Å². The first-order valence-electron chi connectivity index (χ1n) is 5.02. The zero-order valence-electron chi connectivity index (χ0n) is 8.93. The molecule has 0 atom stereocenters. The molecule has 0 saturated heterocycles. The van der Waals surface area contributed by atoms with Gasteiger partial charge >= 0.3 is 0 Å². The Balaban J connectivity index is 2.05. The number of nitrogens with zero attached hydrogens (tertiary/aromatic N) is 2. The van der Waals surface area contributed by atoms with E-state index >= 15 is 0 Å². The first-order chi connectivity index (χ1) is 8.28. The van der Waals surface area contributed by atoms with Crippen molar-refractivity contribution < 1.29 is 4.74 Å². The van der Waals surface area contributed by atoms with Crippen molar-refractivity contribution in [1.29, 1.82) is 5.26 Å². The standard InChI is InChI=1S/C13H9ClN2O/c14-11-4-1-3-10(7-11)9-17-13-6-2-5-12(8-15)16-13/h1-7H,9H2. The molecule has 0 bridgehead atoms. The van der Waals surface area contributed by atoms with E-state index in [-0.39, 0.29) is 0 Å². The second-order valence-electron chi connectivity index (χ2n) is 3.39. The Hall–Kier alpha value is -2.05. The number of ether oxygens (including phenoxy) is 1. The van der Waals surface area contributed by atoms with Gasteiger partial charge < -0.3 is 4.74 Å². The quantitative estimate of drug-likeness (QED) is 0.833. The minimum absolute atomic E-state index is 0.341. The third-order valence-electron chi connectivity index (χ3n) is 2.11. The molecule has 0 amide bonds. The van der Waals surface area contributed by atoms with Crippen LogP contribution in [0.25, 0.3) is 0 Å². The molecule has 2 rings (SSSR count). The van der Waals surface area contributed by atoms with Crippen LogP contribution >= 0.6 is 11.6 Å². The number of halogens is 1. The number of aromatic nitrogens is 1. The van der Waals surface area contributed by atoms with Crippen LogP contribution in [0.1, 0.15) is 11.3 Å². The molecule has 0 radical (unpaired) electrons. The summed E-state index contributed by atoms with van der Waals surface area (Å²) in [6.45, 7) is 0.377. The molecule has 1 aromatic heterocycles. The molecule has 0 aliphatic rings. The van der Waals surface area contributed by atoms with E-state index < -0.39 is 0 Å². The van der Waals surface area contributed by atoms with E-state index in [0.29, 0.717) is 23.2 Å². The molecule has 0 N–H and O–H groups in total. The number of hydrogen-bond donors (Lipinski definition) is 0. The van der Waals surface area contributed by atoms with Crippen molar-refractivity contribution in [2.24, 2.45) is 0 Å². The van der Waals surface area contributed by atoms with E-state index in [4.69, 9.17) is 21.6 Å². The summed E-state index contributed by atoms with van der Waals surface area (Å²) in [5.41, 5.74) is 1.30. The minimum atomic E-state index is 0.341. The van der Waals surface area contributed by atoms with E-state index in [1.54, 1.807) is 24.3 Å². The highest BCUT2D eigenvalue weighted by atomic mass is 35.5. The Bertz CT molecular complexity index is 563. The predicted molar refractivity (Wildman–Crippen MR) is 64.7 cm³/mol. The van der Waals surface area contributed by atoms with Crippen LogP contribution in [0.2, 0.25) is 5.02 Å². The van der Waals surface area contributed by atoms with Gasteiger partial charge in [0.25, 0.3) is 0 Å². The molecular weight excluding hydrogens is 236 g/mol. The van der Waals surface area contributed by atoms with Gasteiger partial charge in [0.15, 0.2) is 0 Å². The van der Waals surface area contributed by atoms with E-state index in [1.807, 2.05) is 24.3 Å². The Kier molecular flexibility index (Phi) is 3.59. The summed E-state index contributed by atoms with van der Waals surface area (Å²) >= 11 is 5.86. The van der Waals surface area contributed by atoms with Crippen LogP contribution in [0.5, 0.6) is 5.88 Å². The maximum Gasteiger partial charge on any atom is 0.214 e. The fraction of sp³-hybridized carbons (Fsp3) is 0.0769. The smallest absolute Gasteiger partial charge is 0.214 e. The van der Waals surface area contributed by atoms with Crippen molar-refractivity contribution in [2.75, 3.05) is 0 Å². The molecule has 0 aliphatic heterocycles. The zero-order chi connectivity index (χ0) is 12.1. The first kappa shape index (κ1) is 11.4. The summed E-state index contributed by atoms with van der Waals surface area (Å²) in [5.74, 6) is 0.434. The fourth-order valence-corrected chi connectivity index (χ4v) is 1.55. The molecule has 0 fully saturated rings. The van der Waals surface area contributed by atoms with Gasteiger partial charge in [-0.05, 0) is 23.8 Å². The second kappa shape index (κ2) is 5.33. The average molecular weight is 245 g/mol. The molecule has 84 valence electrons. The first-order valence-corrected chi connectivity index (χ1v) is 5.40. The molecule has 1 heterocycles. The Morgan fingerprint density at radius 3 is 2.82 bits per heavy atom. The van der Waals surface area contributed by atoms with Gasteiger partial charge in [-0.25, -0.2) is 4.98 Å². The molecule has 4 heteroatoms. The van der Waals surface area contributed by atoms with E-state index in [9.17, 15) is 0 Å². The molecule has 1 aromatic carbocycles. The largest absolute Gasteiger partial charge is 0.473 e. The lowest BCUT2D eigenvalue weighted by atomic mass is 10.2. The summed E-state index contributed by atoms with van der Waals surface area (Å²) in [6, 6.07) is 14.5. The van der Waals surface area contributed by atoms with Crippen molar-refractivity contribution in [3.63, 3.8) is 0 Å². The maximum absolute atomic E-state index is 8.70. The molecule has 3 nitrogen and oxygen atoms in total. The van der Waals surface area contributed by atoms with Gasteiger partial charge in [0, 0.05) is 11.1 Å². The Morgan fingerprint density at radius 2 is 2.06 bits per heavy atom. The van der Waals surface area contributed by atoms with Crippen molar-refractivity contribution in [3.05, 3.63) is 58.7 Å². The normalized spacial score (nSPS) is 9.65. The van der Waals surface area contributed by atoms with Gasteiger partial charge in [0.05, 0.1) is 0 Å². The van der Waals surface area contributed by atoms with Gasteiger partial charge in [0.2, 0.25) is 5.88 Å². The second-order valence-corrected chi connectivity index (χ2v) is 3.83. The van der Waals surface area contributed by atoms with Crippen molar-refractivity contribution in [2.45, 2.75) is 6.61 Å². The lowest BCUT2D eigenvalue weighted by Crippen LogP contribution is -1.97. The van der Waals surface area contributed by atoms with Crippen LogP contribution in [0.4, 0.5) is 0 Å². The van der Waals surface area contributed by atoms with Gasteiger partial charge in [-0.3, -0.25) is 0 Å². The monoisotopic (exact) mass is 244 g/mol. The minimum Gasteiger partial charge on any atom is -0.473 e. The van der Waals surface area contributed by atoms with Crippen molar-refractivity contribution in [3.8, 4) is 11.9 Å². The van der Waals surface area contributed by atoms with Crippen molar-refractivity contribution >= 4 is 11.6 Å². The van der Waals surface area contributed by atoms with Gasteiger partial charge in [0.1, 0.15) is 18.4 Å². The third-order valence-corrected chi connectivity index (χ3v) is 2.35. The lowest BCUT2D eigenvalue weighted by Gasteiger charge is -2.05. The fourth-order valence-electron chi connectivity index (χ4n) is 1.34. The van der Waals surface area contributed by atoms with Gasteiger partial charge in [-0.2, -0.15) is 5.26 Å². The van der Waals surface area contributed by atoms with Gasteiger partial charge in [-0.15, -0.1) is 0 Å². The zero-order valence-corrected chi connectivity index (χ0v) is 9.69. The number of hydrogen-bond acceptors (Lipinski definition) is 3. The summed E-state index contributed by atoms with van der Waals surface area (Å²) in [4.78, 5) is 4.01. The third kappa shape index (κ3) is 3.20. The molecule has 0 spiro atoms. The number of nitriles is 1. The summed E-state index contributed by atoms with van der Waals surface area (Å²) in [7, 11) is 0. The number of pyridine rings is 1. The highest BCUT2D eigenvalue weighted by Crippen LogP contribution is 2.13. The summed E-state index contributed by atoms with van der Waals surface area (Å²) in [5, 5.41) is 9.37. The van der Waals surface area contributed by atoms with Crippen LogP contribution in [0.15, 0.2) is 42.5 Å². The highest BCUT2D eigenvalue weighted by molar-refractivity contribution is 6.30. The number of rotatable bonds is 3. The van der Waals surface area contributed by atoms with Gasteiger partial charge in [-0.1, -0.05) is 29.8 Å². The summed E-state index contributed by atoms with van der Waals surface area (Å²) < 4.78 is 5.47.